The van der Waals surface area contributed by atoms with Crippen LogP contribution < -0.4 is 5.32 Å². The van der Waals surface area contributed by atoms with E-state index < -0.39 is 0 Å². The lowest BCUT2D eigenvalue weighted by atomic mass is 9.99. The normalized spacial score (nSPS) is 24.9. The Hall–Kier alpha value is -1.00. The standard InChI is InChI=1S/C15H22F2N2/c1-10(2)15-9-19(11(3)7-18-15)8-12-6-13(16)4-5-14(12)17/h4-6,10-11,15,18H,7-9H2,1-3H3. The smallest absolute Gasteiger partial charge is 0.127 e. The van der Waals surface area contributed by atoms with Crippen LogP contribution >= 0.6 is 0 Å². The molecule has 19 heavy (non-hydrogen) atoms. The van der Waals surface area contributed by atoms with Crippen molar-refractivity contribution < 1.29 is 8.78 Å². The molecule has 1 aromatic rings. The van der Waals surface area contributed by atoms with E-state index in [9.17, 15) is 8.78 Å². The lowest BCUT2D eigenvalue weighted by Crippen LogP contribution is -2.56. The molecule has 0 aliphatic carbocycles. The predicted octanol–water partition coefficient (Wildman–Crippen LogP) is 2.78. The minimum atomic E-state index is -0.375. The third-order valence-electron chi connectivity index (χ3n) is 3.92. The van der Waals surface area contributed by atoms with Gasteiger partial charge in [-0.1, -0.05) is 13.8 Å². The van der Waals surface area contributed by atoms with Crippen molar-refractivity contribution in [2.24, 2.45) is 5.92 Å². The van der Waals surface area contributed by atoms with Gasteiger partial charge in [-0.05, 0) is 31.0 Å². The number of nitrogens with one attached hydrogen (secondary N) is 1. The highest BCUT2D eigenvalue weighted by atomic mass is 19.1. The van der Waals surface area contributed by atoms with Gasteiger partial charge < -0.3 is 5.32 Å². The van der Waals surface area contributed by atoms with Crippen molar-refractivity contribution >= 4 is 0 Å². The van der Waals surface area contributed by atoms with Crippen LogP contribution in [-0.4, -0.2) is 30.1 Å². The molecule has 0 spiro atoms. The van der Waals surface area contributed by atoms with E-state index in [1.54, 1.807) is 0 Å². The Bertz CT molecular complexity index is 434. The lowest BCUT2D eigenvalue weighted by Gasteiger charge is -2.40. The van der Waals surface area contributed by atoms with E-state index >= 15 is 0 Å². The van der Waals surface area contributed by atoms with Crippen LogP contribution in [0.2, 0.25) is 0 Å². The average molecular weight is 268 g/mol. The molecule has 4 heteroatoms. The molecule has 2 atom stereocenters. The highest BCUT2D eigenvalue weighted by Gasteiger charge is 2.27. The summed E-state index contributed by atoms with van der Waals surface area (Å²) in [5, 5.41) is 3.50. The Morgan fingerprint density at radius 2 is 2.11 bits per heavy atom. The first-order chi connectivity index (χ1) is 8.97. The van der Waals surface area contributed by atoms with Crippen molar-refractivity contribution in [1.82, 2.24) is 10.2 Å². The van der Waals surface area contributed by atoms with Gasteiger partial charge in [-0.2, -0.15) is 0 Å². The SMILES string of the molecule is CC(C)C1CN(Cc2cc(F)ccc2F)C(C)CN1. The molecular formula is C15H22F2N2. The van der Waals surface area contributed by atoms with Crippen LogP contribution in [0.15, 0.2) is 18.2 Å². The maximum absolute atomic E-state index is 13.7. The quantitative estimate of drug-likeness (QED) is 0.907. The van der Waals surface area contributed by atoms with Crippen LogP contribution in [0.25, 0.3) is 0 Å². The van der Waals surface area contributed by atoms with Gasteiger partial charge in [0.15, 0.2) is 0 Å². The second-order valence-electron chi connectivity index (χ2n) is 5.77. The van der Waals surface area contributed by atoms with Crippen LogP contribution in [0.1, 0.15) is 26.3 Å². The topological polar surface area (TPSA) is 15.3 Å². The molecule has 1 aliphatic rings. The fourth-order valence-corrected chi connectivity index (χ4v) is 2.50. The summed E-state index contributed by atoms with van der Waals surface area (Å²) in [7, 11) is 0. The second kappa shape index (κ2) is 5.97. The predicted molar refractivity (Wildman–Crippen MR) is 72.9 cm³/mol. The van der Waals surface area contributed by atoms with Gasteiger partial charge >= 0.3 is 0 Å². The van der Waals surface area contributed by atoms with Gasteiger partial charge in [-0.15, -0.1) is 0 Å². The van der Waals surface area contributed by atoms with E-state index in [0.717, 1.165) is 19.2 Å². The highest BCUT2D eigenvalue weighted by molar-refractivity contribution is 5.19. The van der Waals surface area contributed by atoms with Gasteiger partial charge in [0.25, 0.3) is 0 Å². The molecule has 1 heterocycles. The van der Waals surface area contributed by atoms with Gasteiger partial charge in [0, 0.05) is 37.3 Å². The average Bonchev–Trinajstić information content (AvgIpc) is 2.36. The van der Waals surface area contributed by atoms with Gasteiger partial charge in [-0.25, -0.2) is 8.78 Å². The van der Waals surface area contributed by atoms with Crippen molar-refractivity contribution in [2.75, 3.05) is 13.1 Å². The van der Waals surface area contributed by atoms with E-state index in [0.29, 0.717) is 30.1 Å². The summed E-state index contributed by atoms with van der Waals surface area (Å²) in [6.45, 7) is 8.69. The number of hydrogen-bond donors (Lipinski definition) is 1. The summed E-state index contributed by atoms with van der Waals surface area (Å²) < 4.78 is 26.9. The minimum Gasteiger partial charge on any atom is -0.311 e. The van der Waals surface area contributed by atoms with E-state index in [-0.39, 0.29) is 11.6 Å². The Balaban J connectivity index is 2.09. The van der Waals surface area contributed by atoms with E-state index in [1.165, 1.54) is 12.1 Å². The van der Waals surface area contributed by atoms with Crippen molar-refractivity contribution in [3.8, 4) is 0 Å². The summed E-state index contributed by atoms with van der Waals surface area (Å²) in [5.74, 6) is -0.166. The number of piperazine rings is 1. The molecule has 106 valence electrons. The van der Waals surface area contributed by atoms with Crippen molar-refractivity contribution in [1.29, 1.82) is 0 Å². The van der Waals surface area contributed by atoms with Crippen LogP contribution in [-0.2, 0) is 6.54 Å². The van der Waals surface area contributed by atoms with Gasteiger partial charge in [-0.3, -0.25) is 4.90 Å². The van der Waals surface area contributed by atoms with E-state index in [1.807, 2.05) is 0 Å². The lowest BCUT2D eigenvalue weighted by molar-refractivity contribution is 0.115. The molecule has 1 N–H and O–H groups in total. The first kappa shape index (κ1) is 14.4. The second-order valence-corrected chi connectivity index (χ2v) is 5.77. The van der Waals surface area contributed by atoms with Crippen LogP contribution in [0.5, 0.6) is 0 Å². The molecule has 0 aromatic heterocycles. The molecule has 2 rings (SSSR count). The third-order valence-corrected chi connectivity index (χ3v) is 3.92. The molecule has 1 aliphatic heterocycles. The number of nitrogens with zero attached hydrogens (tertiary/aromatic N) is 1. The number of rotatable bonds is 3. The molecule has 0 amide bonds. The molecule has 2 unspecified atom stereocenters. The van der Waals surface area contributed by atoms with Crippen molar-refractivity contribution in [3.63, 3.8) is 0 Å². The summed E-state index contributed by atoms with van der Waals surface area (Å²) in [4.78, 5) is 2.22. The number of benzene rings is 1. The Morgan fingerprint density at radius 3 is 2.79 bits per heavy atom. The van der Waals surface area contributed by atoms with Gasteiger partial charge in [0.05, 0.1) is 0 Å². The van der Waals surface area contributed by atoms with Gasteiger partial charge in [0.2, 0.25) is 0 Å². The van der Waals surface area contributed by atoms with E-state index in [4.69, 9.17) is 0 Å². The van der Waals surface area contributed by atoms with Gasteiger partial charge in [0.1, 0.15) is 11.6 Å². The molecule has 0 radical (unpaired) electrons. The molecule has 1 saturated heterocycles. The first-order valence-electron chi connectivity index (χ1n) is 6.88. The minimum absolute atomic E-state index is 0.326. The summed E-state index contributed by atoms with van der Waals surface area (Å²) in [5.41, 5.74) is 0.441. The fraction of sp³-hybridized carbons (Fsp3) is 0.600. The summed E-state index contributed by atoms with van der Waals surface area (Å²) in [6, 6.07) is 4.41. The zero-order valence-electron chi connectivity index (χ0n) is 11.8. The Kier molecular flexibility index (Phi) is 4.53. The largest absolute Gasteiger partial charge is 0.311 e. The molecule has 2 nitrogen and oxygen atoms in total. The monoisotopic (exact) mass is 268 g/mol. The zero-order valence-corrected chi connectivity index (χ0v) is 11.8. The number of halogens is 2. The molecule has 1 aromatic carbocycles. The van der Waals surface area contributed by atoms with E-state index in [2.05, 4.69) is 31.0 Å². The first-order valence-corrected chi connectivity index (χ1v) is 6.88. The highest BCUT2D eigenvalue weighted by Crippen LogP contribution is 2.18. The molecule has 0 saturated carbocycles. The summed E-state index contributed by atoms with van der Waals surface area (Å²) in [6.07, 6.45) is 0. The maximum atomic E-state index is 13.7. The molecule has 0 bridgehead atoms. The fourth-order valence-electron chi connectivity index (χ4n) is 2.50. The maximum Gasteiger partial charge on any atom is 0.127 e. The molecular weight excluding hydrogens is 246 g/mol. The third kappa shape index (κ3) is 3.51. The van der Waals surface area contributed by atoms with Crippen LogP contribution in [0.3, 0.4) is 0 Å². The number of hydrogen-bond acceptors (Lipinski definition) is 2. The van der Waals surface area contributed by atoms with Crippen LogP contribution in [0, 0.1) is 17.6 Å². The molecule has 1 fully saturated rings. The van der Waals surface area contributed by atoms with Crippen molar-refractivity contribution in [2.45, 2.75) is 39.4 Å². The Labute approximate surface area is 113 Å². The van der Waals surface area contributed by atoms with Crippen molar-refractivity contribution in [3.05, 3.63) is 35.4 Å². The zero-order chi connectivity index (χ0) is 14.0. The van der Waals surface area contributed by atoms with Crippen LogP contribution in [0.4, 0.5) is 8.78 Å². The summed E-state index contributed by atoms with van der Waals surface area (Å²) >= 11 is 0. The Morgan fingerprint density at radius 1 is 1.37 bits per heavy atom.